The Labute approximate surface area is 197 Å². The fraction of sp³-hybridized carbons (Fsp3) is 0.429. The number of ether oxygens (including phenoxy) is 1. The van der Waals surface area contributed by atoms with Crippen LogP contribution in [-0.4, -0.2) is 60.3 Å². The quantitative estimate of drug-likeness (QED) is 0.583. The number of piperidine rings is 1. The number of carbonyl (C=O) groups is 2. The van der Waals surface area contributed by atoms with Gasteiger partial charge in [-0.2, -0.15) is 0 Å². The van der Waals surface area contributed by atoms with Gasteiger partial charge in [-0.1, -0.05) is 19.1 Å². The van der Waals surface area contributed by atoms with E-state index in [1.807, 2.05) is 68.1 Å². The molecular formula is C28H34N2O3. The van der Waals surface area contributed by atoms with Crippen molar-refractivity contribution in [2.45, 2.75) is 45.6 Å². The van der Waals surface area contributed by atoms with Gasteiger partial charge in [0.05, 0.1) is 0 Å². The van der Waals surface area contributed by atoms with Crippen LogP contribution in [0.25, 0.3) is 5.57 Å². The van der Waals surface area contributed by atoms with Crippen molar-refractivity contribution in [3.05, 3.63) is 70.8 Å². The fourth-order valence-corrected chi connectivity index (χ4v) is 4.76. The van der Waals surface area contributed by atoms with E-state index in [9.17, 15) is 9.59 Å². The maximum absolute atomic E-state index is 12.8. The average molecular weight is 447 g/mol. The van der Waals surface area contributed by atoms with E-state index in [0.29, 0.717) is 30.6 Å². The third-order valence-electron chi connectivity index (χ3n) is 6.96. The standard InChI is InChI=1S/C28H34N2O3/c1-5-25(31)22-12-13-26-23(18-22)24(19-28(33-26)14-16-29(4)17-15-28)20-8-10-21(11-9-20)27(32)30(6-2)7-3/h8-13,18-19H,5-7,14-17H2,1-4H3. The lowest BCUT2D eigenvalue weighted by Gasteiger charge is -2.42. The molecule has 0 radical (unpaired) electrons. The molecule has 2 aromatic carbocycles. The zero-order chi connectivity index (χ0) is 23.6. The molecule has 0 saturated carbocycles. The molecule has 33 heavy (non-hydrogen) atoms. The number of nitrogens with zero attached hydrogens (tertiary/aromatic N) is 2. The highest BCUT2D eigenvalue weighted by Crippen LogP contribution is 2.43. The number of fused-ring (bicyclic) bond motifs is 1. The van der Waals surface area contributed by atoms with Gasteiger partial charge in [0.15, 0.2) is 5.78 Å². The van der Waals surface area contributed by atoms with Crippen molar-refractivity contribution in [3.63, 3.8) is 0 Å². The van der Waals surface area contributed by atoms with Crippen LogP contribution in [0.15, 0.2) is 48.5 Å². The first-order chi connectivity index (χ1) is 15.9. The Hall–Kier alpha value is -2.92. The Morgan fingerprint density at radius 2 is 1.61 bits per heavy atom. The van der Waals surface area contributed by atoms with Crippen molar-refractivity contribution < 1.29 is 14.3 Å². The van der Waals surface area contributed by atoms with Gasteiger partial charge in [0.25, 0.3) is 5.91 Å². The van der Waals surface area contributed by atoms with Gasteiger partial charge < -0.3 is 14.5 Å². The van der Waals surface area contributed by atoms with E-state index >= 15 is 0 Å². The highest BCUT2D eigenvalue weighted by atomic mass is 16.5. The molecule has 4 rings (SSSR count). The van der Waals surface area contributed by atoms with Crippen molar-refractivity contribution in [2.24, 2.45) is 0 Å². The van der Waals surface area contributed by atoms with E-state index in [-0.39, 0.29) is 17.3 Å². The first-order valence-corrected chi connectivity index (χ1v) is 12.1. The van der Waals surface area contributed by atoms with Crippen LogP contribution in [0.3, 0.4) is 0 Å². The van der Waals surface area contributed by atoms with Crippen LogP contribution in [0.5, 0.6) is 5.75 Å². The summed E-state index contributed by atoms with van der Waals surface area (Å²) in [6.07, 6.45) is 4.56. The van der Waals surface area contributed by atoms with Gasteiger partial charge in [0.1, 0.15) is 11.4 Å². The summed E-state index contributed by atoms with van der Waals surface area (Å²) in [7, 11) is 2.14. The number of benzene rings is 2. The van der Waals surface area contributed by atoms with Crippen molar-refractivity contribution in [2.75, 3.05) is 33.2 Å². The van der Waals surface area contributed by atoms with Crippen LogP contribution in [0.2, 0.25) is 0 Å². The van der Waals surface area contributed by atoms with Crippen LogP contribution in [0, 0.1) is 0 Å². The summed E-state index contributed by atoms with van der Waals surface area (Å²) in [6.45, 7) is 9.21. The summed E-state index contributed by atoms with van der Waals surface area (Å²) in [4.78, 5) is 29.3. The number of hydrogen-bond donors (Lipinski definition) is 0. The molecule has 1 spiro atoms. The molecule has 1 fully saturated rings. The summed E-state index contributed by atoms with van der Waals surface area (Å²) in [5.74, 6) is 1.00. The minimum absolute atomic E-state index is 0.0514. The molecule has 0 aromatic heterocycles. The van der Waals surface area contributed by atoms with Crippen LogP contribution in [-0.2, 0) is 0 Å². The molecule has 0 aliphatic carbocycles. The lowest BCUT2D eigenvalue weighted by Crippen LogP contribution is -2.46. The van der Waals surface area contributed by atoms with Gasteiger partial charge in [-0.3, -0.25) is 9.59 Å². The summed E-state index contributed by atoms with van der Waals surface area (Å²) in [5.41, 5.74) is 4.11. The molecule has 2 aliphatic heterocycles. The van der Waals surface area contributed by atoms with E-state index in [4.69, 9.17) is 4.74 Å². The molecular weight excluding hydrogens is 412 g/mol. The van der Waals surface area contributed by atoms with Gasteiger partial charge >= 0.3 is 0 Å². The molecule has 0 bridgehead atoms. The maximum atomic E-state index is 12.8. The predicted octanol–water partition coefficient (Wildman–Crippen LogP) is 5.05. The molecule has 2 aromatic rings. The number of rotatable bonds is 6. The van der Waals surface area contributed by atoms with Crippen LogP contribution >= 0.6 is 0 Å². The monoisotopic (exact) mass is 446 g/mol. The zero-order valence-electron chi connectivity index (χ0n) is 20.2. The highest BCUT2D eigenvalue weighted by Gasteiger charge is 2.38. The number of Topliss-reactive ketones (excluding diaryl/α,β-unsaturated/α-hetero) is 1. The molecule has 5 heteroatoms. The lowest BCUT2D eigenvalue weighted by atomic mass is 9.82. The van der Waals surface area contributed by atoms with Crippen molar-refractivity contribution in [1.82, 2.24) is 9.80 Å². The van der Waals surface area contributed by atoms with Crippen molar-refractivity contribution in [3.8, 4) is 5.75 Å². The molecule has 2 aliphatic rings. The molecule has 1 saturated heterocycles. The topological polar surface area (TPSA) is 49.9 Å². The Morgan fingerprint density at radius 1 is 0.970 bits per heavy atom. The first-order valence-electron chi connectivity index (χ1n) is 12.1. The second-order valence-electron chi connectivity index (χ2n) is 9.07. The molecule has 0 atom stereocenters. The van der Waals surface area contributed by atoms with Crippen LogP contribution in [0.1, 0.15) is 71.9 Å². The Kier molecular flexibility index (Phi) is 6.71. The molecule has 5 nitrogen and oxygen atoms in total. The Balaban J connectivity index is 1.76. The van der Waals surface area contributed by atoms with Gasteiger partial charge in [0, 0.05) is 62.1 Å². The largest absolute Gasteiger partial charge is 0.482 e. The molecule has 0 N–H and O–H groups in total. The van der Waals surface area contributed by atoms with Gasteiger partial charge in [-0.25, -0.2) is 0 Å². The van der Waals surface area contributed by atoms with E-state index < -0.39 is 0 Å². The zero-order valence-corrected chi connectivity index (χ0v) is 20.2. The summed E-state index contributed by atoms with van der Waals surface area (Å²) >= 11 is 0. The van der Waals surface area contributed by atoms with E-state index in [2.05, 4.69) is 18.0 Å². The number of hydrogen-bond acceptors (Lipinski definition) is 4. The van der Waals surface area contributed by atoms with Crippen molar-refractivity contribution >= 4 is 17.3 Å². The normalized spacial score (nSPS) is 17.2. The smallest absolute Gasteiger partial charge is 0.253 e. The average Bonchev–Trinajstić information content (AvgIpc) is 2.85. The third-order valence-corrected chi connectivity index (χ3v) is 6.96. The number of carbonyl (C=O) groups excluding carboxylic acids is 2. The first kappa shape index (κ1) is 23.2. The molecule has 174 valence electrons. The summed E-state index contributed by atoms with van der Waals surface area (Å²) in [6, 6.07) is 13.7. The van der Waals surface area contributed by atoms with Crippen molar-refractivity contribution in [1.29, 1.82) is 0 Å². The van der Waals surface area contributed by atoms with E-state index in [0.717, 1.165) is 48.4 Å². The lowest BCUT2D eigenvalue weighted by molar-refractivity contribution is 0.0468. The van der Waals surface area contributed by atoms with Crippen LogP contribution < -0.4 is 4.74 Å². The second-order valence-corrected chi connectivity index (χ2v) is 9.07. The Bertz CT molecular complexity index is 1060. The number of likely N-dealkylation sites (tertiary alicyclic amines) is 1. The third kappa shape index (κ3) is 4.60. The minimum Gasteiger partial charge on any atom is -0.482 e. The molecule has 2 heterocycles. The second kappa shape index (κ2) is 9.52. The fourth-order valence-electron chi connectivity index (χ4n) is 4.76. The van der Waals surface area contributed by atoms with Gasteiger partial charge in [0.2, 0.25) is 0 Å². The molecule has 0 unspecified atom stereocenters. The summed E-state index contributed by atoms with van der Waals surface area (Å²) in [5, 5.41) is 0. The number of ketones is 1. The van der Waals surface area contributed by atoms with Gasteiger partial charge in [-0.05, 0) is 68.4 Å². The predicted molar refractivity (Wildman–Crippen MR) is 132 cm³/mol. The number of amides is 1. The SMILES string of the molecule is CCC(=O)c1ccc2c(c1)C(c1ccc(C(=O)N(CC)CC)cc1)=CC1(CCN(C)CC1)O2. The van der Waals surface area contributed by atoms with Gasteiger partial charge in [-0.15, -0.1) is 0 Å². The van der Waals surface area contributed by atoms with E-state index in [1.165, 1.54) is 0 Å². The minimum atomic E-state index is -0.346. The molecule has 1 amide bonds. The maximum Gasteiger partial charge on any atom is 0.253 e. The van der Waals surface area contributed by atoms with Crippen LogP contribution in [0.4, 0.5) is 0 Å². The van der Waals surface area contributed by atoms with E-state index in [1.54, 1.807) is 0 Å². The summed E-state index contributed by atoms with van der Waals surface area (Å²) < 4.78 is 6.58. The Morgan fingerprint density at radius 3 is 2.21 bits per heavy atom. The highest BCUT2D eigenvalue weighted by molar-refractivity contribution is 5.98.